The number of hydrogen-bond donors (Lipinski definition) is 0. The van der Waals surface area contributed by atoms with Crippen LogP contribution in [0.2, 0.25) is 0 Å². The van der Waals surface area contributed by atoms with E-state index in [1.165, 1.54) is 0 Å². The van der Waals surface area contributed by atoms with Crippen LogP contribution in [0, 0.1) is 0 Å². The fraction of sp³-hybridized carbons (Fsp3) is 0.300. The van der Waals surface area contributed by atoms with E-state index in [-0.39, 0.29) is 0 Å². The van der Waals surface area contributed by atoms with Crippen molar-refractivity contribution in [1.82, 2.24) is 0 Å². The van der Waals surface area contributed by atoms with Crippen LogP contribution in [0.5, 0.6) is 0 Å². The maximum absolute atomic E-state index is 13.5. The standard InChI is InChI=1S/C10H9FO/c11-10(5-6-10)9-4-2-1-3-8(9)7-12/h1-4,7H,5-6H2. The van der Waals surface area contributed by atoms with Crippen LogP contribution in [0.1, 0.15) is 28.8 Å². The summed E-state index contributed by atoms with van der Waals surface area (Å²) in [6.45, 7) is 0. The Bertz CT molecular complexity index is 315. The van der Waals surface area contributed by atoms with Gasteiger partial charge in [-0.3, -0.25) is 4.79 Å². The van der Waals surface area contributed by atoms with E-state index in [1.54, 1.807) is 24.3 Å². The Kier molecular flexibility index (Phi) is 1.50. The molecule has 0 atom stereocenters. The molecule has 1 aromatic rings. The van der Waals surface area contributed by atoms with Gasteiger partial charge in [-0.15, -0.1) is 0 Å². The average Bonchev–Trinajstić information content (AvgIpc) is 2.85. The third kappa shape index (κ3) is 1.04. The normalized spacial score (nSPS) is 18.8. The lowest BCUT2D eigenvalue weighted by atomic mass is 10.0. The van der Waals surface area contributed by atoms with Crippen LogP contribution < -0.4 is 0 Å². The Morgan fingerprint density at radius 1 is 1.33 bits per heavy atom. The molecular weight excluding hydrogens is 155 g/mol. The Morgan fingerprint density at radius 3 is 2.58 bits per heavy atom. The van der Waals surface area contributed by atoms with E-state index in [0.717, 1.165) is 6.29 Å². The molecule has 1 aliphatic rings. The van der Waals surface area contributed by atoms with Crippen molar-refractivity contribution in [1.29, 1.82) is 0 Å². The zero-order valence-electron chi connectivity index (χ0n) is 6.59. The van der Waals surface area contributed by atoms with E-state index in [0.29, 0.717) is 24.0 Å². The first kappa shape index (κ1) is 7.47. The molecule has 0 unspecified atom stereocenters. The number of hydrogen-bond acceptors (Lipinski definition) is 1. The molecule has 0 aliphatic heterocycles. The van der Waals surface area contributed by atoms with Gasteiger partial charge in [-0.05, 0) is 18.4 Å². The van der Waals surface area contributed by atoms with Gasteiger partial charge in [0.15, 0.2) is 0 Å². The second-order valence-corrected chi connectivity index (χ2v) is 3.17. The first-order valence-corrected chi connectivity index (χ1v) is 4.00. The van der Waals surface area contributed by atoms with Crippen LogP contribution in [0.4, 0.5) is 4.39 Å². The Morgan fingerprint density at radius 2 is 2.00 bits per heavy atom. The molecule has 0 N–H and O–H groups in total. The number of alkyl halides is 1. The highest BCUT2D eigenvalue weighted by atomic mass is 19.1. The predicted octanol–water partition coefficient (Wildman–Crippen LogP) is 2.46. The molecule has 0 radical (unpaired) electrons. The zero-order chi connectivity index (χ0) is 8.60. The molecule has 0 spiro atoms. The van der Waals surface area contributed by atoms with Gasteiger partial charge in [-0.25, -0.2) is 4.39 Å². The van der Waals surface area contributed by atoms with Crippen LogP contribution >= 0.6 is 0 Å². The van der Waals surface area contributed by atoms with Crippen LogP contribution in [-0.4, -0.2) is 6.29 Å². The van der Waals surface area contributed by atoms with Crippen molar-refractivity contribution >= 4 is 6.29 Å². The number of rotatable bonds is 2. The van der Waals surface area contributed by atoms with Gasteiger partial charge in [0, 0.05) is 5.56 Å². The predicted molar refractivity (Wildman–Crippen MR) is 43.8 cm³/mol. The molecule has 0 aromatic heterocycles. The number of carbonyl (C=O) groups excluding carboxylic acids is 1. The number of benzene rings is 1. The molecular formula is C10H9FO. The second-order valence-electron chi connectivity index (χ2n) is 3.17. The summed E-state index contributed by atoms with van der Waals surface area (Å²) in [7, 11) is 0. The molecule has 62 valence electrons. The third-order valence-electron chi connectivity index (χ3n) is 2.26. The Balaban J connectivity index is 2.48. The molecule has 1 nitrogen and oxygen atoms in total. The molecule has 0 saturated heterocycles. The van der Waals surface area contributed by atoms with E-state index >= 15 is 0 Å². The lowest BCUT2D eigenvalue weighted by molar-refractivity contribution is 0.111. The summed E-state index contributed by atoms with van der Waals surface area (Å²) in [6.07, 6.45) is 1.82. The highest BCUT2D eigenvalue weighted by Gasteiger charge is 2.46. The summed E-state index contributed by atoms with van der Waals surface area (Å²) < 4.78 is 13.5. The van der Waals surface area contributed by atoms with Crippen molar-refractivity contribution in [2.45, 2.75) is 18.5 Å². The SMILES string of the molecule is O=Cc1ccccc1C1(F)CC1. The monoisotopic (exact) mass is 164 g/mol. The van der Waals surface area contributed by atoms with E-state index < -0.39 is 5.67 Å². The first-order chi connectivity index (χ1) is 5.76. The van der Waals surface area contributed by atoms with Crippen molar-refractivity contribution < 1.29 is 9.18 Å². The van der Waals surface area contributed by atoms with Gasteiger partial charge >= 0.3 is 0 Å². The molecule has 1 aliphatic carbocycles. The zero-order valence-corrected chi connectivity index (χ0v) is 6.59. The van der Waals surface area contributed by atoms with Crippen LogP contribution in [0.25, 0.3) is 0 Å². The van der Waals surface area contributed by atoms with Gasteiger partial charge < -0.3 is 0 Å². The lowest BCUT2D eigenvalue weighted by Crippen LogP contribution is -2.01. The lowest BCUT2D eigenvalue weighted by Gasteiger charge is -2.06. The maximum atomic E-state index is 13.5. The van der Waals surface area contributed by atoms with Gasteiger partial charge in [0.2, 0.25) is 0 Å². The third-order valence-corrected chi connectivity index (χ3v) is 2.26. The summed E-state index contributed by atoms with van der Waals surface area (Å²) >= 11 is 0. The van der Waals surface area contributed by atoms with E-state index in [9.17, 15) is 9.18 Å². The number of carbonyl (C=O) groups is 1. The number of aldehydes is 1. The quantitative estimate of drug-likeness (QED) is 0.613. The van der Waals surface area contributed by atoms with Crippen molar-refractivity contribution in [3.05, 3.63) is 35.4 Å². The summed E-state index contributed by atoms with van der Waals surface area (Å²) in [5.74, 6) is 0. The Labute approximate surface area is 70.2 Å². The van der Waals surface area contributed by atoms with E-state index in [4.69, 9.17) is 0 Å². The molecule has 2 rings (SSSR count). The summed E-state index contributed by atoms with van der Waals surface area (Å²) in [4.78, 5) is 10.5. The molecule has 1 fully saturated rings. The highest BCUT2D eigenvalue weighted by molar-refractivity contribution is 5.78. The van der Waals surface area contributed by atoms with Gasteiger partial charge in [0.1, 0.15) is 12.0 Å². The van der Waals surface area contributed by atoms with Crippen molar-refractivity contribution in [2.24, 2.45) is 0 Å². The van der Waals surface area contributed by atoms with Gasteiger partial charge in [-0.1, -0.05) is 24.3 Å². The van der Waals surface area contributed by atoms with Crippen molar-refractivity contribution in [3.63, 3.8) is 0 Å². The van der Waals surface area contributed by atoms with Crippen LogP contribution in [0.15, 0.2) is 24.3 Å². The minimum Gasteiger partial charge on any atom is -0.298 e. The van der Waals surface area contributed by atoms with E-state index in [1.807, 2.05) is 0 Å². The summed E-state index contributed by atoms with van der Waals surface area (Å²) in [5.41, 5.74) is -0.158. The summed E-state index contributed by atoms with van der Waals surface area (Å²) in [6, 6.07) is 6.86. The fourth-order valence-electron chi connectivity index (χ4n) is 1.39. The molecule has 0 heterocycles. The molecule has 12 heavy (non-hydrogen) atoms. The first-order valence-electron chi connectivity index (χ1n) is 4.00. The topological polar surface area (TPSA) is 17.1 Å². The molecule has 0 bridgehead atoms. The van der Waals surface area contributed by atoms with Crippen molar-refractivity contribution in [2.75, 3.05) is 0 Å². The Hall–Kier alpha value is -1.18. The molecule has 0 amide bonds. The van der Waals surface area contributed by atoms with Crippen molar-refractivity contribution in [3.8, 4) is 0 Å². The largest absolute Gasteiger partial charge is 0.298 e. The van der Waals surface area contributed by atoms with Gasteiger partial charge in [0.25, 0.3) is 0 Å². The minimum absolute atomic E-state index is 0.484. The number of halogens is 1. The molecule has 1 saturated carbocycles. The smallest absolute Gasteiger partial charge is 0.150 e. The minimum atomic E-state index is -1.20. The highest BCUT2D eigenvalue weighted by Crippen LogP contribution is 2.50. The van der Waals surface area contributed by atoms with Crippen LogP contribution in [0.3, 0.4) is 0 Å². The second kappa shape index (κ2) is 2.41. The van der Waals surface area contributed by atoms with Gasteiger partial charge in [-0.2, -0.15) is 0 Å². The maximum Gasteiger partial charge on any atom is 0.150 e. The van der Waals surface area contributed by atoms with E-state index in [2.05, 4.69) is 0 Å². The summed E-state index contributed by atoms with van der Waals surface area (Å²) in [5, 5.41) is 0. The van der Waals surface area contributed by atoms with Gasteiger partial charge in [0.05, 0.1) is 0 Å². The average molecular weight is 164 g/mol. The fourth-order valence-corrected chi connectivity index (χ4v) is 1.39. The molecule has 1 aromatic carbocycles. The molecule has 2 heteroatoms. The van der Waals surface area contributed by atoms with Crippen LogP contribution in [-0.2, 0) is 5.67 Å².